The van der Waals surface area contributed by atoms with Crippen molar-refractivity contribution < 1.29 is 22.7 Å². The molecule has 0 bridgehead atoms. The summed E-state index contributed by atoms with van der Waals surface area (Å²) in [6.45, 7) is 0.0722. The number of nitrogens with one attached hydrogen (secondary N) is 1. The van der Waals surface area contributed by atoms with E-state index in [4.69, 9.17) is 21.1 Å². The fourth-order valence-corrected chi connectivity index (χ4v) is 4.33. The molecule has 0 aliphatic heterocycles. The maximum absolute atomic E-state index is 12.7. The van der Waals surface area contributed by atoms with Gasteiger partial charge < -0.3 is 14.8 Å². The van der Waals surface area contributed by atoms with E-state index in [-0.39, 0.29) is 16.5 Å². The minimum atomic E-state index is -3.90. The number of sulfonamides is 1. The van der Waals surface area contributed by atoms with Gasteiger partial charge in [0.05, 0.1) is 23.6 Å². The molecule has 0 heterocycles. The van der Waals surface area contributed by atoms with Gasteiger partial charge in [-0.05, 0) is 48.0 Å². The van der Waals surface area contributed by atoms with E-state index in [2.05, 4.69) is 5.32 Å². The maximum atomic E-state index is 12.7. The Morgan fingerprint density at radius 3 is 2.34 bits per heavy atom. The zero-order valence-corrected chi connectivity index (χ0v) is 19.2. The molecule has 168 valence electrons. The number of methoxy groups -OCH3 is 1. The Morgan fingerprint density at radius 2 is 1.72 bits per heavy atom. The largest absolute Gasteiger partial charge is 0.495 e. The van der Waals surface area contributed by atoms with Gasteiger partial charge in [-0.2, -0.15) is 4.31 Å². The van der Waals surface area contributed by atoms with E-state index in [0.717, 1.165) is 9.87 Å². The van der Waals surface area contributed by atoms with Crippen LogP contribution >= 0.6 is 11.6 Å². The Morgan fingerprint density at radius 1 is 1.03 bits per heavy atom. The first-order valence-electron chi connectivity index (χ1n) is 9.66. The van der Waals surface area contributed by atoms with Crippen LogP contribution in [0.25, 0.3) is 0 Å². The smallest absolute Gasteiger partial charge is 0.243 e. The highest BCUT2D eigenvalue weighted by Crippen LogP contribution is 2.28. The van der Waals surface area contributed by atoms with Crippen molar-refractivity contribution in [3.63, 3.8) is 0 Å². The van der Waals surface area contributed by atoms with Crippen LogP contribution < -0.4 is 14.8 Å². The lowest BCUT2D eigenvalue weighted by Gasteiger charge is -2.17. The van der Waals surface area contributed by atoms with E-state index >= 15 is 0 Å². The molecule has 32 heavy (non-hydrogen) atoms. The van der Waals surface area contributed by atoms with Crippen molar-refractivity contribution in [2.24, 2.45) is 0 Å². The molecule has 0 fully saturated rings. The summed E-state index contributed by atoms with van der Waals surface area (Å²) in [6, 6.07) is 20.7. The number of hydrogen-bond donors (Lipinski definition) is 1. The third-order valence-corrected chi connectivity index (χ3v) is 6.68. The molecule has 0 unspecified atom stereocenters. The fraction of sp³-hybridized carbons (Fsp3) is 0.174. The molecule has 9 heteroatoms. The molecule has 0 saturated carbocycles. The van der Waals surface area contributed by atoms with E-state index in [0.29, 0.717) is 23.8 Å². The number of hydrogen-bond acceptors (Lipinski definition) is 5. The normalized spacial score (nSPS) is 11.2. The van der Waals surface area contributed by atoms with Crippen LogP contribution in [-0.4, -0.2) is 39.3 Å². The van der Waals surface area contributed by atoms with Gasteiger partial charge in [-0.25, -0.2) is 8.42 Å². The van der Waals surface area contributed by atoms with Crippen LogP contribution in [0.3, 0.4) is 0 Å². The first-order chi connectivity index (χ1) is 15.3. The molecule has 0 spiro atoms. The third-order valence-electron chi connectivity index (χ3n) is 4.58. The fourth-order valence-electron chi connectivity index (χ4n) is 2.85. The highest BCUT2D eigenvalue weighted by atomic mass is 35.5. The highest BCUT2D eigenvalue weighted by molar-refractivity contribution is 7.89. The SMILES string of the molecule is COc1ccc(S(=O)(=O)N(C)CC(=O)Nc2ccc(OCc3ccccc3)cc2)cc1Cl. The number of ether oxygens (including phenoxy) is 2. The Kier molecular flexibility index (Phi) is 7.74. The summed E-state index contributed by atoms with van der Waals surface area (Å²) in [5, 5.41) is 2.85. The van der Waals surface area contributed by atoms with Gasteiger partial charge in [0.2, 0.25) is 15.9 Å². The number of benzene rings is 3. The van der Waals surface area contributed by atoms with Gasteiger partial charge in [-0.1, -0.05) is 41.9 Å². The van der Waals surface area contributed by atoms with Crippen molar-refractivity contribution >= 4 is 33.2 Å². The highest BCUT2D eigenvalue weighted by Gasteiger charge is 2.24. The number of carbonyl (C=O) groups excluding carboxylic acids is 1. The molecular weight excluding hydrogens is 452 g/mol. The second-order valence-electron chi connectivity index (χ2n) is 6.90. The van der Waals surface area contributed by atoms with E-state index in [1.807, 2.05) is 30.3 Å². The summed E-state index contributed by atoms with van der Waals surface area (Å²) in [5.41, 5.74) is 1.58. The lowest BCUT2D eigenvalue weighted by molar-refractivity contribution is -0.116. The van der Waals surface area contributed by atoms with Gasteiger partial charge in [-0.15, -0.1) is 0 Å². The summed E-state index contributed by atoms with van der Waals surface area (Å²) in [6.07, 6.45) is 0. The number of nitrogens with zero attached hydrogens (tertiary/aromatic N) is 1. The Labute approximate surface area is 192 Å². The molecule has 3 aromatic rings. The van der Waals surface area contributed by atoms with E-state index in [1.165, 1.54) is 32.4 Å². The molecule has 0 aromatic heterocycles. The predicted octanol–water partition coefficient (Wildman–Crippen LogP) is 4.19. The van der Waals surface area contributed by atoms with Crippen LogP contribution in [0.1, 0.15) is 5.56 Å². The quantitative estimate of drug-likeness (QED) is 0.502. The molecule has 3 rings (SSSR count). The number of rotatable bonds is 9. The van der Waals surface area contributed by atoms with Crippen molar-refractivity contribution in [1.82, 2.24) is 4.31 Å². The first kappa shape index (κ1) is 23.6. The molecule has 0 saturated heterocycles. The Hall–Kier alpha value is -3.07. The van der Waals surface area contributed by atoms with Crippen molar-refractivity contribution in [2.45, 2.75) is 11.5 Å². The Balaban J connectivity index is 1.56. The minimum absolute atomic E-state index is 0.0292. The van der Waals surface area contributed by atoms with Gasteiger partial charge in [0.25, 0.3) is 0 Å². The van der Waals surface area contributed by atoms with E-state index in [9.17, 15) is 13.2 Å². The van der Waals surface area contributed by atoms with Crippen LogP contribution in [0.5, 0.6) is 11.5 Å². The number of amides is 1. The summed E-state index contributed by atoms with van der Waals surface area (Å²) >= 11 is 6.03. The van der Waals surface area contributed by atoms with Crippen LogP contribution in [-0.2, 0) is 21.4 Å². The summed E-state index contributed by atoms with van der Waals surface area (Å²) in [4.78, 5) is 12.3. The van der Waals surface area contributed by atoms with Crippen molar-refractivity contribution in [1.29, 1.82) is 0 Å². The second-order valence-corrected chi connectivity index (χ2v) is 9.36. The third kappa shape index (κ3) is 6.00. The van der Waals surface area contributed by atoms with Crippen LogP contribution in [0.15, 0.2) is 77.7 Å². The number of anilines is 1. The molecule has 0 aliphatic carbocycles. The molecule has 7 nitrogen and oxygen atoms in total. The molecule has 3 aromatic carbocycles. The molecule has 1 amide bonds. The minimum Gasteiger partial charge on any atom is -0.495 e. The van der Waals surface area contributed by atoms with Gasteiger partial charge in [0.1, 0.15) is 18.1 Å². The second kappa shape index (κ2) is 10.5. The first-order valence-corrected chi connectivity index (χ1v) is 11.5. The zero-order valence-electron chi connectivity index (χ0n) is 17.6. The molecule has 0 aliphatic rings. The topological polar surface area (TPSA) is 84.9 Å². The average Bonchev–Trinajstić information content (AvgIpc) is 2.79. The monoisotopic (exact) mass is 474 g/mol. The number of likely N-dealkylation sites (N-methyl/N-ethyl adjacent to an activating group) is 1. The molecule has 1 N–H and O–H groups in total. The van der Waals surface area contributed by atoms with Crippen molar-refractivity contribution in [3.05, 3.63) is 83.4 Å². The van der Waals surface area contributed by atoms with Gasteiger partial charge in [-0.3, -0.25) is 4.79 Å². The van der Waals surface area contributed by atoms with Crippen LogP contribution in [0.2, 0.25) is 5.02 Å². The molecule has 0 radical (unpaired) electrons. The van der Waals surface area contributed by atoms with Crippen LogP contribution in [0.4, 0.5) is 5.69 Å². The standard InChI is InChI=1S/C23H23ClN2O5S/c1-26(32(28,29)20-12-13-22(30-2)21(24)14-20)15-23(27)25-18-8-10-19(11-9-18)31-16-17-6-4-3-5-7-17/h3-14H,15-16H2,1-2H3,(H,25,27). The zero-order chi connectivity index (χ0) is 23.1. The average molecular weight is 475 g/mol. The molecule has 0 atom stereocenters. The van der Waals surface area contributed by atoms with Gasteiger partial charge >= 0.3 is 0 Å². The number of halogens is 1. The van der Waals surface area contributed by atoms with Crippen molar-refractivity contribution in [3.8, 4) is 11.5 Å². The van der Waals surface area contributed by atoms with Crippen molar-refractivity contribution in [2.75, 3.05) is 26.0 Å². The van der Waals surface area contributed by atoms with E-state index in [1.54, 1.807) is 24.3 Å². The molecular formula is C23H23ClN2O5S. The summed E-state index contributed by atoms with van der Waals surface area (Å²) in [7, 11) is -1.14. The van der Waals surface area contributed by atoms with Gasteiger partial charge in [0, 0.05) is 12.7 Å². The summed E-state index contributed by atoms with van der Waals surface area (Å²) < 4.78 is 37.2. The Bertz CT molecular complexity index is 1170. The maximum Gasteiger partial charge on any atom is 0.243 e. The number of carbonyl (C=O) groups is 1. The predicted molar refractivity (Wildman–Crippen MR) is 124 cm³/mol. The lowest BCUT2D eigenvalue weighted by Crippen LogP contribution is -2.34. The lowest BCUT2D eigenvalue weighted by atomic mass is 10.2. The summed E-state index contributed by atoms with van der Waals surface area (Å²) in [5.74, 6) is 0.541. The van der Waals surface area contributed by atoms with E-state index < -0.39 is 15.9 Å². The van der Waals surface area contributed by atoms with Crippen LogP contribution in [0, 0.1) is 0 Å². The van der Waals surface area contributed by atoms with Gasteiger partial charge in [0.15, 0.2) is 0 Å².